The summed E-state index contributed by atoms with van der Waals surface area (Å²) in [4.78, 5) is 4.06. The average molecular weight is 274 g/mol. The zero-order valence-corrected chi connectivity index (χ0v) is 9.89. The minimum absolute atomic E-state index is 0.244. The Labute approximate surface area is 105 Å². The summed E-state index contributed by atoms with van der Waals surface area (Å²) >= 11 is 1.47. The maximum Gasteiger partial charge on any atom is 0.573 e. The Balaban J connectivity index is 1.99. The Morgan fingerprint density at radius 1 is 1.33 bits per heavy atom. The number of benzene rings is 1. The van der Waals surface area contributed by atoms with Crippen LogP contribution in [0.5, 0.6) is 5.75 Å². The van der Waals surface area contributed by atoms with Gasteiger partial charge in [-0.3, -0.25) is 0 Å². The van der Waals surface area contributed by atoms with Gasteiger partial charge < -0.3 is 10.1 Å². The number of hydrogen-bond donors (Lipinski definition) is 1. The highest BCUT2D eigenvalue weighted by molar-refractivity contribution is 7.09. The van der Waals surface area contributed by atoms with Crippen LogP contribution in [0, 0.1) is 0 Å². The second kappa shape index (κ2) is 5.26. The zero-order chi connectivity index (χ0) is 13.0. The minimum Gasteiger partial charge on any atom is -0.406 e. The molecule has 18 heavy (non-hydrogen) atoms. The van der Waals surface area contributed by atoms with Crippen molar-refractivity contribution in [3.63, 3.8) is 0 Å². The number of ether oxygens (including phenoxy) is 1. The molecule has 7 heteroatoms. The molecule has 0 spiro atoms. The molecular weight excluding hydrogens is 265 g/mol. The number of anilines is 1. The third-order valence-electron chi connectivity index (χ3n) is 1.99. The van der Waals surface area contributed by atoms with Crippen LogP contribution < -0.4 is 10.1 Å². The van der Waals surface area contributed by atoms with Gasteiger partial charge in [-0.1, -0.05) is 6.07 Å². The summed E-state index contributed by atoms with van der Waals surface area (Å²) in [6, 6.07) is 5.70. The van der Waals surface area contributed by atoms with Gasteiger partial charge in [-0.2, -0.15) is 0 Å². The molecule has 0 fully saturated rings. The second-order valence-electron chi connectivity index (χ2n) is 3.36. The van der Waals surface area contributed by atoms with Crippen molar-refractivity contribution in [2.24, 2.45) is 0 Å². The second-order valence-corrected chi connectivity index (χ2v) is 4.33. The van der Waals surface area contributed by atoms with Gasteiger partial charge in [0.05, 0.1) is 6.54 Å². The molecule has 0 atom stereocenters. The van der Waals surface area contributed by atoms with E-state index < -0.39 is 6.36 Å². The van der Waals surface area contributed by atoms with Crippen LogP contribution in [-0.2, 0) is 6.54 Å². The highest BCUT2D eigenvalue weighted by atomic mass is 32.1. The first-order chi connectivity index (χ1) is 8.53. The zero-order valence-electron chi connectivity index (χ0n) is 9.07. The lowest BCUT2D eigenvalue weighted by molar-refractivity contribution is -0.274. The van der Waals surface area contributed by atoms with Crippen molar-refractivity contribution in [2.75, 3.05) is 5.32 Å². The van der Waals surface area contributed by atoms with E-state index in [1.54, 1.807) is 12.3 Å². The first-order valence-corrected chi connectivity index (χ1v) is 5.89. The molecule has 0 bridgehead atoms. The van der Waals surface area contributed by atoms with Crippen molar-refractivity contribution < 1.29 is 17.9 Å². The molecule has 0 amide bonds. The van der Waals surface area contributed by atoms with Crippen molar-refractivity contribution >= 4 is 17.0 Å². The number of thiazole rings is 1. The van der Waals surface area contributed by atoms with Gasteiger partial charge in [-0.15, -0.1) is 24.5 Å². The standard InChI is InChI=1S/C11H9F3N2OS/c12-11(13,14)17-9-3-1-2-8(6-9)16-7-10-15-4-5-18-10/h1-6,16H,7H2. The lowest BCUT2D eigenvalue weighted by Gasteiger charge is -2.10. The monoisotopic (exact) mass is 274 g/mol. The molecule has 0 unspecified atom stereocenters. The van der Waals surface area contributed by atoms with E-state index in [4.69, 9.17) is 0 Å². The van der Waals surface area contributed by atoms with Crippen molar-refractivity contribution in [3.8, 4) is 5.75 Å². The Kier molecular flexibility index (Phi) is 3.71. The third kappa shape index (κ3) is 3.92. The molecule has 3 nitrogen and oxygen atoms in total. The fourth-order valence-corrected chi connectivity index (χ4v) is 1.88. The molecule has 0 saturated carbocycles. The smallest absolute Gasteiger partial charge is 0.406 e. The van der Waals surface area contributed by atoms with Gasteiger partial charge in [-0.25, -0.2) is 4.98 Å². The Morgan fingerprint density at radius 3 is 2.83 bits per heavy atom. The summed E-state index contributed by atoms with van der Waals surface area (Å²) in [5, 5.41) is 5.67. The van der Waals surface area contributed by atoms with E-state index in [0.29, 0.717) is 12.2 Å². The molecular formula is C11H9F3N2OS. The molecule has 0 radical (unpaired) electrons. The molecule has 1 N–H and O–H groups in total. The lowest BCUT2D eigenvalue weighted by atomic mass is 10.3. The summed E-state index contributed by atoms with van der Waals surface area (Å²) in [7, 11) is 0. The number of hydrogen-bond acceptors (Lipinski definition) is 4. The summed E-state index contributed by atoms with van der Waals surface area (Å²) in [6.07, 6.45) is -3.00. The van der Waals surface area contributed by atoms with E-state index in [-0.39, 0.29) is 5.75 Å². The van der Waals surface area contributed by atoms with Crippen LogP contribution in [-0.4, -0.2) is 11.3 Å². The number of aromatic nitrogens is 1. The maximum atomic E-state index is 12.0. The highest BCUT2D eigenvalue weighted by Gasteiger charge is 2.31. The summed E-state index contributed by atoms with van der Waals surface area (Å²) in [5.41, 5.74) is 0.548. The molecule has 0 aliphatic heterocycles. The van der Waals surface area contributed by atoms with Crippen LogP contribution in [0.2, 0.25) is 0 Å². The van der Waals surface area contributed by atoms with Gasteiger partial charge in [0, 0.05) is 23.3 Å². The van der Waals surface area contributed by atoms with E-state index in [9.17, 15) is 13.2 Å². The van der Waals surface area contributed by atoms with Crippen LogP contribution >= 0.6 is 11.3 Å². The lowest BCUT2D eigenvalue weighted by Crippen LogP contribution is -2.17. The average Bonchev–Trinajstić information content (AvgIpc) is 2.77. The van der Waals surface area contributed by atoms with Gasteiger partial charge in [0.25, 0.3) is 0 Å². The van der Waals surface area contributed by atoms with Crippen molar-refractivity contribution in [3.05, 3.63) is 40.8 Å². The van der Waals surface area contributed by atoms with E-state index in [0.717, 1.165) is 5.01 Å². The maximum absolute atomic E-state index is 12.0. The molecule has 1 heterocycles. The summed E-state index contributed by atoms with van der Waals surface area (Å²) in [5.74, 6) is -0.244. The SMILES string of the molecule is FC(F)(F)Oc1cccc(NCc2nccs2)c1. The molecule has 0 aliphatic carbocycles. The molecule has 96 valence electrons. The fraction of sp³-hybridized carbons (Fsp3) is 0.182. The van der Waals surface area contributed by atoms with Gasteiger partial charge >= 0.3 is 6.36 Å². The number of rotatable bonds is 4. The molecule has 2 rings (SSSR count). The fourth-order valence-electron chi connectivity index (χ4n) is 1.32. The van der Waals surface area contributed by atoms with Gasteiger partial charge in [-0.05, 0) is 12.1 Å². The van der Waals surface area contributed by atoms with E-state index >= 15 is 0 Å². The molecule has 0 aliphatic rings. The Bertz CT molecular complexity index is 499. The Morgan fingerprint density at radius 2 is 2.17 bits per heavy atom. The predicted octanol–water partition coefficient (Wildman–Crippen LogP) is 3.65. The molecule has 2 aromatic rings. The number of nitrogens with one attached hydrogen (secondary N) is 1. The predicted molar refractivity (Wildman–Crippen MR) is 62.6 cm³/mol. The minimum atomic E-state index is -4.67. The van der Waals surface area contributed by atoms with Crippen molar-refractivity contribution in [1.82, 2.24) is 4.98 Å². The Hall–Kier alpha value is -1.76. The third-order valence-corrected chi connectivity index (χ3v) is 2.77. The van der Waals surface area contributed by atoms with E-state index in [2.05, 4.69) is 15.0 Å². The number of alkyl halides is 3. The quantitative estimate of drug-likeness (QED) is 0.924. The molecule has 1 aromatic carbocycles. The summed E-state index contributed by atoms with van der Waals surface area (Å²) < 4.78 is 39.9. The van der Waals surface area contributed by atoms with Crippen molar-refractivity contribution in [1.29, 1.82) is 0 Å². The van der Waals surface area contributed by atoms with Crippen LogP contribution in [0.3, 0.4) is 0 Å². The van der Waals surface area contributed by atoms with Crippen LogP contribution in [0.15, 0.2) is 35.8 Å². The molecule has 0 saturated heterocycles. The highest BCUT2D eigenvalue weighted by Crippen LogP contribution is 2.25. The normalized spacial score (nSPS) is 11.3. The van der Waals surface area contributed by atoms with Crippen LogP contribution in [0.1, 0.15) is 5.01 Å². The topological polar surface area (TPSA) is 34.1 Å². The van der Waals surface area contributed by atoms with Gasteiger partial charge in [0.1, 0.15) is 10.8 Å². The largest absolute Gasteiger partial charge is 0.573 e. The van der Waals surface area contributed by atoms with Crippen molar-refractivity contribution in [2.45, 2.75) is 12.9 Å². The van der Waals surface area contributed by atoms with Crippen LogP contribution in [0.25, 0.3) is 0 Å². The van der Waals surface area contributed by atoms with Gasteiger partial charge in [0.2, 0.25) is 0 Å². The molecule has 1 aromatic heterocycles. The number of halogens is 3. The first-order valence-electron chi connectivity index (χ1n) is 5.01. The first kappa shape index (κ1) is 12.7. The van der Waals surface area contributed by atoms with E-state index in [1.165, 1.54) is 29.5 Å². The van der Waals surface area contributed by atoms with E-state index in [1.807, 2.05) is 5.38 Å². The van der Waals surface area contributed by atoms with Gasteiger partial charge in [0.15, 0.2) is 0 Å². The number of nitrogens with zero attached hydrogens (tertiary/aromatic N) is 1. The summed E-state index contributed by atoms with van der Waals surface area (Å²) in [6.45, 7) is 0.465. The van der Waals surface area contributed by atoms with Crippen LogP contribution in [0.4, 0.5) is 18.9 Å².